The van der Waals surface area contributed by atoms with Gasteiger partial charge in [0.1, 0.15) is 23.0 Å². The highest BCUT2D eigenvalue weighted by molar-refractivity contribution is 7.18. The van der Waals surface area contributed by atoms with Crippen LogP contribution in [-0.2, 0) is 22.6 Å². The fourth-order valence-electron chi connectivity index (χ4n) is 2.88. The number of aromatic nitrogens is 1. The molecule has 3 aromatic rings. The molecule has 0 saturated carbocycles. The molecule has 0 unspecified atom stereocenters. The molecule has 0 aliphatic carbocycles. The second-order valence-corrected chi connectivity index (χ2v) is 7.86. The van der Waals surface area contributed by atoms with E-state index >= 15 is 0 Å². The highest BCUT2D eigenvalue weighted by atomic mass is 32.1. The first-order valence-corrected chi connectivity index (χ1v) is 10.4. The summed E-state index contributed by atoms with van der Waals surface area (Å²) in [4.78, 5) is 24.8. The monoisotopic (exact) mass is 428 g/mol. The summed E-state index contributed by atoms with van der Waals surface area (Å²) < 4.78 is 15.9. The molecule has 0 bridgehead atoms. The van der Waals surface area contributed by atoms with Gasteiger partial charge in [-0.1, -0.05) is 17.3 Å². The van der Waals surface area contributed by atoms with Crippen molar-refractivity contribution in [2.24, 2.45) is 0 Å². The minimum Gasteiger partial charge on any atom is -0.489 e. The van der Waals surface area contributed by atoms with E-state index in [0.717, 1.165) is 28.1 Å². The van der Waals surface area contributed by atoms with Crippen LogP contribution in [0.2, 0.25) is 0 Å². The van der Waals surface area contributed by atoms with Crippen molar-refractivity contribution in [2.45, 2.75) is 40.7 Å². The third-order valence-corrected chi connectivity index (χ3v) is 5.63. The first-order chi connectivity index (χ1) is 14.4. The van der Waals surface area contributed by atoms with Crippen molar-refractivity contribution in [3.63, 3.8) is 0 Å². The van der Waals surface area contributed by atoms with Crippen LogP contribution in [0.4, 0.5) is 5.00 Å². The Morgan fingerprint density at radius 1 is 1.17 bits per heavy atom. The lowest BCUT2D eigenvalue weighted by molar-refractivity contribution is -0.115. The summed E-state index contributed by atoms with van der Waals surface area (Å²) in [6.45, 7) is 8.00. The molecule has 7 nitrogen and oxygen atoms in total. The van der Waals surface area contributed by atoms with Crippen LogP contribution in [0.1, 0.15) is 44.7 Å². The number of hydrogen-bond acceptors (Lipinski definition) is 7. The van der Waals surface area contributed by atoms with E-state index in [4.69, 9.17) is 14.0 Å². The molecule has 0 aliphatic heterocycles. The molecular formula is C22H24N2O5S. The van der Waals surface area contributed by atoms with Crippen molar-refractivity contribution >= 4 is 28.2 Å². The summed E-state index contributed by atoms with van der Waals surface area (Å²) in [5.74, 6) is 0.923. The maximum atomic E-state index is 12.4. The van der Waals surface area contributed by atoms with E-state index in [0.29, 0.717) is 28.8 Å². The number of nitrogens with one attached hydrogen (secondary N) is 1. The van der Waals surface area contributed by atoms with Gasteiger partial charge in [-0.2, -0.15) is 0 Å². The van der Waals surface area contributed by atoms with Gasteiger partial charge >= 0.3 is 5.97 Å². The molecule has 30 heavy (non-hydrogen) atoms. The van der Waals surface area contributed by atoms with E-state index in [-0.39, 0.29) is 18.3 Å². The minimum absolute atomic E-state index is 0.156. The lowest BCUT2D eigenvalue weighted by Crippen LogP contribution is -2.13. The Kier molecular flexibility index (Phi) is 6.89. The third-order valence-electron chi connectivity index (χ3n) is 4.49. The van der Waals surface area contributed by atoms with Gasteiger partial charge in [0.05, 0.1) is 29.3 Å². The summed E-state index contributed by atoms with van der Waals surface area (Å²) in [6.07, 6.45) is 0.218. The van der Waals surface area contributed by atoms with Crippen LogP contribution in [-0.4, -0.2) is 23.6 Å². The van der Waals surface area contributed by atoms with Crippen LogP contribution >= 0.6 is 11.3 Å². The van der Waals surface area contributed by atoms with Gasteiger partial charge in [-0.05, 0) is 57.0 Å². The van der Waals surface area contributed by atoms with Crippen molar-refractivity contribution in [2.75, 3.05) is 11.9 Å². The van der Waals surface area contributed by atoms with Crippen molar-refractivity contribution in [3.05, 3.63) is 63.4 Å². The molecule has 1 N–H and O–H groups in total. The molecule has 0 atom stereocenters. The largest absolute Gasteiger partial charge is 0.489 e. The van der Waals surface area contributed by atoms with E-state index in [2.05, 4.69) is 10.5 Å². The maximum absolute atomic E-state index is 12.4. The Bertz CT molecular complexity index is 1020. The van der Waals surface area contributed by atoms with Crippen molar-refractivity contribution in [1.29, 1.82) is 0 Å². The number of carbonyl (C=O) groups excluding carboxylic acids is 2. The molecule has 0 saturated heterocycles. The minimum atomic E-state index is -0.368. The molecule has 2 aromatic heterocycles. The highest BCUT2D eigenvalue weighted by Crippen LogP contribution is 2.27. The lowest BCUT2D eigenvalue weighted by atomic mass is 10.1. The van der Waals surface area contributed by atoms with Gasteiger partial charge in [-0.15, -0.1) is 11.3 Å². The smallest absolute Gasteiger partial charge is 0.348 e. The zero-order chi connectivity index (χ0) is 21.7. The van der Waals surface area contributed by atoms with Gasteiger partial charge in [0.15, 0.2) is 0 Å². The zero-order valence-electron chi connectivity index (χ0n) is 17.4. The van der Waals surface area contributed by atoms with Crippen molar-refractivity contribution in [3.8, 4) is 5.75 Å². The molecule has 0 fully saturated rings. The molecule has 2 heterocycles. The normalized spacial score (nSPS) is 10.7. The molecule has 0 spiro atoms. The Morgan fingerprint density at radius 3 is 2.53 bits per heavy atom. The quantitative estimate of drug-likeness (QED) is 0.528. The fourth-order valence-corrected chi connectivity index (χ4v) is 3.86. The number of carbonyl (C=O) groups is 2. The number of amides is 1. The maximum Gasteiger partial charge on any atom is 0.348 e. The van der Waals surface area contributed by atoms with Crippen LogP contribution in [0.5, 0.6) is 5.75 Å². The topological polar surface area (TPSA) is 90.7 Å². The van der Waals surface area contributed by atoms with Gasteiger partial charge in [-0.25, -0.2) is 4.79 Å². The molecular weight excluding hydrogens is 404 g/mol. The number of rotatable bonds is 8. The summed E-state index contributed by atoms with van der Waals surface area (Å²) >= 11 is 1.22. The number of thiophene rings is 1. The van der Waals surface area contributed by atoms with Crippen LogP contribution < -0.4 is 10.1 Å². The van der Waals surface area contributed by atoms with Crippen LogP contribution in [0.15, 0.2) is 34.9 Å². The SMILES string of the molecule is CCOC(=O)c1sc(NC(=O)Cc2ccc(OCc3c(C)noc3C)cc2)cc1C. The van der Waals surface area contributed by atoms with E-state index in [1.807, 2.05) is 45.0 Å². The average Bonchev–Trinajstić information content (AvgIpc) is 3.23. The average molecular weight is 429 g/mol. The van der Waals surface area contributed by atoms with Crippen LogP contribution in [0, 0.1) is 20.8 Å². The van der Waals surface area contributed by atoms with E-state index < -0.39 is 0 Å². The number of aryl methyl sites for hydroxylation is 3. The van der Waals surface area contributed by atoms with E-state index in [9.17, 15) is 9.59 Å². The van der Waals surface area contributed by atoms with Gasteiger partial charge in [-0.3, -0.25) is 4.79 Å². The van der Waals surface area contributed by atoms with E-state index in [1.165, 1.54) is 11.3 Å². The first-order valence-electron chi connectivity index (χ1n) is 9.58. The van der Waals surface area contributed by atoms with Gasteiger partial charge < -0.3 is 19.3 Å². The molecule has 158 valence electrons. The summed E-state index contributed by atoms with van der Waals surface area (Å²) in [7, 11) is 0. The Balaban J connectivity index is 1.54. The molecule has 8 heteroatoms. The number of esters is 1. The molecule has 1 aromatic carbocycles. The predicted molar refractivity (Wildman–Crippen MR) is 114 cm³/mol. The second-order valence-electron chi connectivity index (χ2n) is 6.80. The second kappa shape index (κ2) is 9.58. The molecule has 0 radical (unpaired) electrons. The van der Waals surface area contributed by atoms with E-state index in [1.54, 1.807) is 13.0 Å². The number of hydrogen-bond donors (Lipinski definition) is 1. The summed E-state index contributed by atoms with van der Waals surface area (Å²) in [5.41, 5.74) is 3.40. The summed E-state index contributed by atoms with van der Waals surface area (Å²) in [6, 6.07) is 9.14. The Hall–Kier alpha value is -3.13. The number of benzene rings is 1. The number of nitrogens with zero attached hydrogens (tertiary/aromatic N) is 1. The summed E-state index contributed by atoms with van der Waals surface area (Å²) in [5, 5.41) is 7.38. The number of ether oxygens (including phenoxy) is 2. The Labute approximate surface area is 179 Å². The van der Waals surface area contributed by atoms with Crippen LogP contribution in [0.3, 0.4) is 0 Å². The molecule has 1 amide bonds. The standard InChI is InChI=1S/C22H24N2O5S/c1-5-27-22(26)21-13(2)10-20(30-21)23-19(25)11-16-6-8-17(9-7-16)28-12-18-14(3)24-29-15(18)4/h6-10H,5,11-12H2,1-4H3,(H,23,25). The molecule has 0 aliphatic rings. The Morgan fingerprint density at radius 2 is 1.90 bits per heavy atom. The lowest BCUT2D eigenvalue weighted by Gasteiger charge is -2.07. The van der Waals surface area contributed by atoms with Crippen molar-refractivity contribution in [1.82, 2.24) is 5.16 Å². The van der Waals surface area contributed by atoms with Gasteiger partial charge in [0, 0.05) is 0 Å². The number of anilines is 1. The van der Waals surface area contributed by atoms with Crippen molar-refractivity contribution < 1.29 is 23.6 Å². The van der Waals surface area contributed by atoms with Gasteiger partial charge in [0.2, 0.25) is 5.91 Å². The third kappa shape index (κ3) is 5.27. The highest BCUT2D eigenvalue weighted by Gasteiger charge is 2.16. The zero-order valence-corrected chi connectivity index (χ0v) is 18.2. The first kappa shape index (κ1) is 21.6. The molecule has 3 rings (SSSR count). The fraction of sp³-hybridized carbons (Fsp3) is 0.318. The predicted octanol–water partition coefficient (Wildman–Crippen LogP) is 4.60. The van der Waals surface area contributed by atoms with Gasteiger partial charge in [0.25, 0.3) is 0 Å². The van der Waals surface area contributed by atoms with Crippen LogP contribution in [0.25, 0.3) is 0 Å².